The molecule has 0 radical (unpaired) electrons. The van der Waals surface area contributed by atoms with Crippen LogP contribution in [0, 0.1) is 0 Å². The van der Waals surface area contributed by atoms with E-state index < -0.39 is 17.7 Å². The largest absolute Gasteiger partial charge is 0.507 e. The zero-order valence-corrected chi connectivity index (χ0v) is 25.8. The summed E-state index contributed by atoms with van der Waals surface area (Å²) < 4.78 is 12.2. The standard InChI is InChI=1S/C32H28ClN3O5S2/c1-3-14-40-23-11-8-19(9-12-23)27-26(28(37)20-10-13-25-22(16-20)15-18(2)41-25)29(38)30(39)36(27)31-34-35-32(43-31)42-17-21-6-4-5-7-24(21)33/h4-13,16,18,27,37H,3,14-15,17H2,1-2H3/b28-26+. The predicted octanol–water partition coefficient (Wildman–Crippen LogP) is 7.22. The highest BCUT2D eigenvalue weighted by Gasteiger charge is 2.48. The third kappa shape index (κ3) is 5.87. The number of ether oxygens (including phenoxy) is 2. The van der Waals surface area contributed by atoms with E-state index in [9.17, 15) is 14.7 Å². The Balaban J connectivity index is 1.38. The van der Waals surface area contributed by atoms with Crippen molar-refractivity contribution in [2.45, 2.75) is 48.9 Å². The van der Waals surface area contributed by atoms with Gasteiger partial charge in [0.05, 0.1) is 18.2 Å². The third-order valence-corrected chi connectivity index (χ3v) is 9.67. The third-order valence-electron chi connectivity index (χ3n) is 7.19. The maximum Gasteiger partial charge on any atom is 0.301 e. The summed E-state index contributed by atoms with van der Waals surface area (Å²) in [5.74, 6) is 0.159. The number of Topliss-reactive ketones (excluding diaryl/α,β-unsaturated/α-hetero) is 1. The molecule has 11 heteroatoms. The topological polar surface area (TPSA) is 102 Å². The molecule has 1 amide bonds. The molecule has 1 aromatic heterocycles. The number of carbonyl (C=O) groups excluding carboxylic acids is 2. The number of halogens is 1. The lowest BCUT2D eigenvalue weighted by Crippen LogP contribution is -2.29. The van der Waals surface area contributed by atoms with E-state index in [1.807, 2.05) is 44.2 Å². The highest BCUT2D eigenvalue weighted by Crippen LogP contribution is 2.45. The Kier molecular flexibility index (Phi) is 8.43. The lowest BCUT2D eigenvalue weighted by molar-refractivity contribution is -0.132. The lowest BCUT2D eigenvalue weighted by Gasteiger charge is -2.22. The van der Waals surface area contributed by atoms with Crippen molar-refractivity contribution in [2.24, 2.45) is 0 Å². The van der Waals surface area contributed by atoms with Crippen LogP contribution >= 0.6 is 34.7 Å². The highest BCUT2D eigenvalue weighted by atomic mass is 35.5. The van der Waals surface area contributed by atoms with E-state index in [1.54, 1.807) is 36.4 Å². The molecule has 0 bridgehead atoms. The molecule has 2 aliphatic heterocycles. The van der Waals surface area contributed by atoms with Crippen LogP contribution in [-0.2, 0) is 21.8 Å². The van der Waals surface area contributed by atoms with Gasteiger partial charge in [-0.05, 0) is 66.4 Å². The zero-order valence-electron chi connectivity index (χ0n) is 23.5. The fourth-order valence-corrected chi connectivity index (χ4v) is 7.30. The first-order valence-corrected chi connectivity index (χ1v) is 16.1. The van der Waals surface area contributed by atoms with E-state index >= 15 is 0 Å². The zero-order chi connectivity index (χ0) is 30.1. The molecular formula is C32H28ClN3O5S2. The van der Waals surface area contributed by atoms with E-state index in [2.05, 4.69) is 10.2 Å². The number of aliphatic hydroxyl groups is 1. The Morgan fingerprint density at radius 3 is 2.70 bits per heavy atom. The number of nitrogens with zero attached hydrogens (tertiary/aromatic N) is 3. The van der Waals surface area contributed by atoms with Crippen molar-refractivity contribution < 1.29 is 24.2 Å². The van der Waals surface area contributed by atoms with Crippen LogP contribution in [0.15, 0.2) is 76.6 Å². The van der Waals surface area contributed by atoms with Crippen molar-refractivity contribution in [1.29, 1.82) is 0 Å². The number of rotatable bonds is 9. The number of ketones is 1. The van der Waals surface area contributed by atoms with Crippen molar-refractivity contribution >= 4 is 57.3 Å². The van der Waals surface area contributed by atoms with E-state index in [0.717, 1.165) is 23.3 Å². The van der Waals surface area contributed by atoms with Gasteiger partial charge in [0.15, 0.2) is 4.34 Å². The molecule has 3 aromatic carbocycles. The lowest BCUT2D eigenvalue weighted by atomic mass is 9.94. The van der Waals surface area contributed by atoms with E-state index in [1.165, 1.54) is 28.0 Å². The minimum absolute atomic E-state index is 0.0142. The molecule has 0 spiro atoms. The SMILES string of the molecule is CCCOc1ccc(C2/C(=C(\O)c3ccc4c(c3)CC(C)O4)C(=O)C(=O)N2c2nnc(SCc3ccccc3Cl)s2)cc1. The first-order chi connectivity index (χ1) is 20.8. The minimum atomic E-state index is -0.918. The molecule has 2 atom stereocenters. The molecule has 0 aliphatic carbocycles. The molecule has 1 N–H and O–H groups in total. The van der Waals surface area contributed by atoms with Crippen molar-refractivity contribution in [2.75, 3.05) is 11.5 Å². The summed E-state index contributed by atoms with van der Waals surface area (Å²) in [6, 6.07) is 19.1. The molecule has 2 unspecified atom stereocenters. The van der Waals surface area contributed by atoms with Gasteiger partial charge in [-0.3, -0.25) is 14.5 Å². The van der Waals surface area contributed by atoms with Crippen LogP contribution in [0.4, 0.5) is 5.13 Å². The van der Waals surface area contributed by atoms with Gasteiger partial charge in [0, 0.05) is 22.8 Å². The van der Waals surface area contributed by atoms with Crippen LogP contribution in [0.3, 0.4) is 0 Å². The smallest absolute Gasteiger partial charge is 0.301 e. The summed E-state index contributed by atoms with van der Waals surface area (Å²) in [7, 11) is 0. The summed E-state index contributed by atoms with van der Waals surface area (Å²) in [6.07, 6.45) is 1.57. The number of benzene rings is 3. The molecule has 43 heavy (non-hydrogen) atoms. The summed E-state index contributed by atoms with van der Waals surface area (Å²) in [5, 5.41) is 21.1. The Labute approximate surface area is 262 Å². The quantitative estimate of drug-likeness (QED) is 0.0678. The molecule has 1 saturated heterocycles. The molecule has 1 fully saturated rings. The van der Waals surface area contributed by atoms with Crippen molar-refractivity contribution in [3.8, 4) is 11.5 Å². The van der Waals surface area contributed by atoms with E-state index in [-0.39, 0.29) is 22.6 Å². The normalized spacial score (nSPS) is 19.0. The predicted molar refractivity (Wildman–Crippen MR) is 168 cm³/mol. The molecule has 2 aliphatic rings. The van der Waals surface area contributed by atoms with Gasteiger partial charge in [0.1, 0.15) is 23.4 Å². The second kappa shape index (κ2) is 12.4. The van der Waals surface area contributed by atoms with Gasteiger partial charge in [0.25, 0.3) is 5.78 Å². The van der Waals surface area contributed by atoms with Gasteiger partial charge in [-0.15, -0.1) is 10.2 Å². The van der Waals surface area contributed by atoms with Crippen LogP contribution in [0.25, 0.3) is 5.76 Å². The van der Waals surface area contributed by atoms with Crippen LogP contribution in [0.2, 0.25) is 5.02 Å². The summed E-state index contributed by atoms with van der Waals surface area (Å²) in [4.78, 5) is 28.5. The van der Waals surface area contributed by atoms with Crippen LogP contribution in [0.5, 0.6) is 11.5 Å². The van der Waals surface area contributed by atoms with E-state index in [4.69, 9.17) is 21.1 Å². The summed E-state index contributed by atoms with van der Waals surface area (Å²) in [6.45, 7) is 4.57. The van der Waals surface area contributed by atoms with E-state index in [0.29, 0.717) is 45.0 Å². The van der Waals surface area contributed by atoms with Gasteiger partial charge in [-0.2, -0.15) is 0 Å². The van der Waals surface area contributed by atoms with Gasteiger partial charge in [0.2, 0.25) is 5.13 Å². The number of hydrogen-bond donors (Lipinski definition) is 1. The number of aromatic nitrogens is 2. The Morgan fingerprint density at radius 2 is 1.93 bits per heavy atom. The maximum atomic E-state index is 13.6. The molecule has 0 saturated carbocycles. The first-order valence-electron chi connectivity index (χ1n) is 13.9. The fraction of sp³-hybridized carbons (Fsp3) is 0.250. The average Bonchev–Trinajstić information content (AvgIpc) is 3.70. The molecule has 4 aromatic rings. The van der Waals surface area contributed by atoms with Crippen molar-refractivity contribution in [3.63, 3.8) is 0 Å². The highest BCUT2D eigenvalue weighted by molar-refractivity contribution is 8.00. The number of aliphatic hydroxyl groups excluding tert-OH is 1. The number of thioether (sulfide) groups is 1. The Morgan fingerprint density at radius 1 is 1.14 bits per heavy atom. The second-order valence-electron chi connectivity index (χ2n) is 10.3. The molecule has 220 valence electrons. The number of hydrogen-bond acceptors (Lipinski definition) is 9. The Hall–Kier alpha value is -3.86. The second-order valence-corrected chi connectivity index (χ2v) is 12.9. The summed E-state index contributed by atoms with van der Waals surface area (Å²) >= 11 is 8.96. The van der Waals surface area contributed by atoms with Crippen LogP contribution in [-0.4, -0.2) is 39.7 Å². The molecule has 3 heterocycles. The molecular weight excluding hydrogens is 606 g/mol. The maximum absolute atomic E-state index is 13.6. The minimum Gasteiger partial charge on any atom is -0.507 e. The van der Waals surface area contributed by atoms with Crippen molar-refractivity contribution in [1.82, 2.24) is 10.2 Å². The monoisotopic (exact) mass is 633 g/mol. The fourth-order valence-electron chi connectivity index (χ4n) is 5.15. The number of anilines is 1. The van der Waals surface area contributed by atoms with Crippen LogP contribution < -0.4 is 14.4 Å². The number of carbonyl (C=O) groups is 2. The first kappa shape index (κ1) is 29.2. The van der Waals surface area contributed by atoms with Gasteiger partial charge in [-0.25, -0.2) is 0 Å². The number of amides is 1. The van der Waals surface area contributed by atoms with Gasteiger partial charge >= 0.3 is 5.91 Å². The average molecular weight is 634 g/mol. The summed E-state index contributed by atoms with van der Waals surface area (Å²) in [5.41, 5.74) is 2.94. The van der Waals surface area contributed by atoms with Gasteiger partial charge in [-0.1, -0.05) is 72.0 Å². The van der Waals surface area contributed by atoms with Crippen LogP contribution in [0.1, 0.15) is 48.6 Å². The van der Waals surface area contributed by atoms with Crippen molar-refractivity contribution in [3.05, 3.63) is 99.6 Å². The molecule has 6 rings (SSSR count). The molecule has 8 nitrogen and oxygen atoms in total. The Bertz CT molecular complexity index is 1720. The number of fused-ring (bicyclic) bond motifs is 1. The van der Waals surface area contributed by atoms with Gasteiger partial charge < -0.3 is 14.6 Å².